The Bertz CT molecular complexity index is 974. The second kappa shape index (κ2) is 8.92. The highest BCUT2D eigenvalue weighted by atomic mass is 32.2. The van der Waals surface area contributed by atoms with Crippen LogP contribution in [-0.4, -0.2) is 36.4 Å². The molecule has 6 nitrogen and oxygen atoms in total. The van der Waals surface area contributed by atoms with E-state index in [0.717, 1.165) is 29.1 Å². The summed E-state index contributed by atoms with van der Waals surface area (Å²) in [5.41, 5.74) is 2.73. The fourth-order valence-electron chi connectivity index (χ4n) is 4.05. The van der Waals surface area contributed by atoms with Gasteiger partial charge in [-0.25, -0.2) is 0 Å². The molecular formula is C23H25N3O3S. The van der Waals surface area contributed by atoms with Crippen molar-refractivity contribution in [1.29, 1.82) is 0 Å². The third kappa shape index (κ3) is 4.07. The Morgan fingerprint density at radius 1 is 1.20 bits per heavy atom. The summed E-state index contributed by atoms with van der Waals surface area (Å²) >= 11 is 1.55. The van der Waals surface area contributed by atoms with Gasteiger partial charge in [-0.2, -0.15) is 0 Å². The minimum Gasteiger partial charge on any atom is -0.496 e. The summed E-state index contributed by atoms with van der Waals surface area (Å²) < 4.78 is 5.60. The summed E-state index contributed by atoms with van der Waals surface area (Å²) in [4.78, 5) is 32.5. The number of amides is 2. The van der Waals surface area contributed by atoms with E-state index in [9.17, 15) is 9.59 Å². The van der Waals surface area contributed by atoms with Crippen molar-refractivity contribution in [2.45, 2.75) is 25.8 Å². The van der Waals surface area contributed by atoms with Crippen LogP contribution in [0.1, 0.15) is 30.0 Å². The fourth-order valence-corrected chi connectivity index (χ4v) is 4.78. The number of hydrogen-bond donors (Lipinski definition) is 1. The minimum atomic E-state index is -0.461. The van der Waals surface area contributed by atoms with Crippen LogP contribution in [0.3, 0.4) is 0 Å². The van der Waals surface area contributed by atoms with Gasteiger partial charge in [-0.1, -0.05) is 47.7 Å². The number of benzene rings is 2. The van der Waals surface area contributed by atoms with Gasteiger partial charge in [0.2, 0.25) is 11.8 Å². The zero-order valence-corrected chi connectivity index (χ0v) is 17.9. The number of methoxy groups -OCH3 is 1. The van der Waals surface area contributed by atoms with E-state index in [0.29, 0.717) is 23.8 Å². The van der Waals surface area contributed by atoms with Gasteiger partial charge in [-0.3, -0.25) is 14.6 Å². The highest BCUT2D eigenvalue weighted by molar-refractivity contribution is 8.14. The summed E-state index contributed by atoms with van der Waals surface area (Å²) in [6.45, 7) is 2.73. The van der Waals surface area contributed by atoms with Crippen LogP contribution in [0.4, 0.5) is 5.69 Å². The average molecular weight is 424 g/mol. The van der Waals surface area contributed by atoms with E-state index in [1.807, 2.05) is 55.5 Å². The van der Waals surface area contributed by atoms with Gasteiger partial charge in [0.1, 0.15) is 5.75 Å². The van der Waals surface area contributed by atoms with Crippen molar-refractivity contribution in [3.63, 3.8) is 0 Å². The number of aliphatic imine (C=N–C) groups is 1. The molecular weight excluding hydrogens is 398 g/mol. The molecule has 2 atom stereocenters. The molecule has 1 N–H and O–H groups in total. The molecule has 0 spiro atoms. The monoisotopic (exact) mass is 423 g/mol. The molecule has 2 aromatic carbocycles. The van der Waals surface area contributed by atoms with Crippen LogP contribution in [0, 0.1) is 12.8 Å². The number of nitrogens with zero attached hydrogens (tertiary/aromatic N) is 2. The molecule has 2 aliphatic heterocycles. The number of carbonyl (C=O) groups is 2. The minimum absolute atomic E-state index is 0.00592. The van der Waals surface area contributed by atoms with Crippen LogP contribution in [0.5, 0.6) is 5.75 Å². The maximum atomic E-state index is 13.3. The van der Waals surface area contributed by atoms with Gasteiger partial charge in [0.25, 0.3) is 0 Å². The average Bonchev–Trinajstić information content (AvgIpc) is 3.27. The smallest absolute Gasteiger partial charge is 0.231 e. The Kier molecular flexibility index (Phi) is 6.08. The maximum Gasteiger partial charge on any atom is 0.231 e. The number of piperidine rings is 1. The molecule has 0 bridgehead atoms. The normalized spacial score (nSPS) is 21.3. The predicted octanol–water partition coefficient (Wildman–Crippen LogP) is 3.71. The Morgan fingerprint density at radius 2 is 1.97 bits per heavy atom. The van der Waals surface area contributed by atoms with E-state index in [2.05, 4.69) is 10.3 Å². The first-order valence-electron chi connectivity index (χ1n) is 10.1. The van der Waals surface area contributed by atoms with Crippen LogP contribution in [0.15, 0.2) is 53.5 Å². The third-order valence-electron chi connectivity index (χ3n) is 5.52. The lowest BCUT2D eigenvalue weighted by atomic mass is 9.82. The molecule has 4 rings (SSSR count). The highest BCUT2D eigenvalue weighted by Gasteiger charge is 2.43. The standard InChI is InChI=1S/C23H25N3O3S/c1-15-7-9-16(10-8-15)26-20(27)12-11-18(22(28)25-23-24-13-14-30-23)21(26)17-5-3-4-6-19(17)29-2/h3-10,18,21H,11-14H2,1-2H3,(H,24,25,28)/t18-,21-/m1/s1. The van der Waals surface area contributed by atoms with Gasteiger partial charge in [-0.15, -0.1) is 0 Å². The van der Waals surface area contributed by atoms with Crippen LogP contribution in [-0.2, 0) is 9.59 Å². The zero-order chi connectivity index (χ0) is 21.1. The summed E-state index contributed by atoms with van der Waals surface area (Å²) in [5, 5.41) is 3.64. The Hall–Kier alpha value is -2.80. The topological polar surface area (TPSA) is 71.0 Å². The SMILES string of the molecule is COc1ccccc1[C@@H]1[C@H](C(=O)NC2=NCCS2)CCC(=O)N1c1ccc(C)cc1. The van der Waals surface area contributed by atoms with E-state index < -0.39 is 12.0 Å². The number of amidine groups is 1. The number of para-hydroxylation sites is 1. The first-order valence-corrected chi connectivity index (χ1v) is 11.1. The summed E-state index contributed by atoms with van der Waals surface area (Å²) in [6, 6.07) is 15.0. The quantitative estimate of drug-likeness (QED) is 0.814. The molecule has 0 saturated carbocycles. The molecule has 30 heavy (non-hydrogen) atoms. The van der Waals surface area contributed by atoms with Crippen molar-refractivity contribution in [3.05, 3.63) is 59.7 Å². The summed E-state index contributed by atoms with van der Waals surface area (Å²) in [7, 11) is 1.61. The lowest BCUT2D eigenvalue weighted by Gasteiger charge is -2.41. The molecule has 7 heteroatoms. The summed E-state index contributed by atoms with van der Waals surface area (Å²) in [5.74, 6) is 1.03. The fraction of sp³-hybridized carbons (Fsp3) is 0.348. The number of hydrogen-bond acceptors (Lipinski definition) is 5. The number of anilines is 1. The van der Waals surface area contributed by atoms with E-state index >= 15 is 0 Å². The first-order chi connectivity index (χ1) is 14.6. The van der Waals surface area contributed by atoms with Gasteiger partial charge >= 0.3 is 0 Å². The van der Waals surface area contributed by atoms with E-state index in [1.165, 1.54) is 0 Å². The number of carbonyl (C=O) groups excluding carboxylic acids is 2. The van der Waals surface area contributed by atoms with Crippen molar-refractivity contribution in [2.24, 2.45) is 10.9 Å². The van der Waals surface area contributed by atoms with Crippen molar-refractivity contribution >= 4 is 34.4 Å². The van der Waals surface area contributed by atoms with Gasteiger partial charge in [0, 0.05) is 23.4 Å². The molecule has 2 aromatic rings. The molecule has 0 aliphatic carbocycles. The summed E-state index contributed by atoms with van der Waals surface area (Å²) in [6.07, 6.45) is 0.797. The zero-order valence-electron chi connectivity index (χ0n) is 17.1. The Morgan fingerprint density at radius 3 is 2.67 bits per heavy atom. The van der Waals surface area contributed by atoms with Crippen LogP contribution < -0.4 is 15.0 Å². The molecule has 1 fully saturated rings. The molecule has 2 amide bonds. The maximum absolute atomic E-state index is 13.3. The van der Waals surface area contributed by atoms with Crippen molar-refractivity contribution in [2.75, 3.05) is 24.3 Å². The molecule has 2 aliphatic rings. The second-order valence-electron chi connectivity index (χ2n) is 7.46. The highest BCUT2D eigenvalue weighted by Crippen LogP contribution is 2.43. The number of thioether (sulfide) groups is 1. The molecule has 0 aromatic heterocycles. The molecule has 2 heterocycles. The van der Waals surface area contributed by atoms with Crippen molar-refractivity contribution < 1.29 is 14.3 Å². The van der Waals surface area contributed by atoms with Gasteiger partial charge in [0.15, 0.2) is 5.17 Å². The van der Waals surface area contributed by atoms with E-state index in [1.54, 1.807) is 23.8 Å². The Balaban J connectivity index is 1.77. The van der Waals surface area contributed by atoms with Crippen molar-refractivity contribution in [1.82, 2.24) is 5.32 Å². The number of rotatable bonds is 4. The lowest BCUT2D eigenvalue weighted by molar-refractivity contribution is -0.128. The molecule has 0 unspecified atom stereocenters. The number of ether oxygens (including phenoxy) is 1. The molecule has 156 valence electrons. The van der Waals surface area contributed by atoms with E-state index in [-0.39, 0.29) is 11.8 Å². The van der Waals surface area contributed by atoms with Crippen molar-refractivity contribution in [3.8, 4) is 5.75 Å². The van der Waals surface area contributed by atoms with E-state index in [4.69, 9.17) is 4.74 Å². The van der Waals surface area contributed by atoms with Gasteiger partial charge < -0.3 is 15.0 Å². The molecule has 1 saturated heterocycles. The first kappa shape index (κ1) is 20.5. The van der Waals surface area contributed by atoms with Gasteiger partial charge in [0.05, 0.1) is 25.6 Å². The largest absolute Gasteiger partial charge is 0.496 e. The van der Waals surface area contributed by atoms with Crippen LogP contribution in [0.2, 0.25) is 0 Å². The number of nitrogens with one attached hydrogen (secondary N) is 1. The Labute approximate surface area is 180 Å². The van der Waals surface area contributed by atoms with Crippen LogP contribution in [0.25, 0.3) is 0 Å². The third-order valence-corrected chi connectivity index (χ3v) is 6.41. The predicted molar refractivity (Wildman–Crippen MR) is 120 cm³/mol. The number of aryl methyl sites for hydroxylation is 1. The van der Waals surface area contributed by atoms with Gasteiger partial charge in [-0.05, 0) is 31.5 Å². The second-order valence-corrected chi connectivity index (χ2v) is 8.54. The lowest BCUT2D eigenvalue weighted by Crippen LogP contribution is -2.49. The van der Waals surface area contributed by atoms with Crippen LogP contribution >= 0.6 is 11.8 Å². The molecule has 0 radical (unpaired) electrons.